The van der Waals surface area contributed by atoms with Crippen molar-refractivity contribution < 1.29 is 4.79 Å². The fourth-order valence-corrected chi connectivity index (χ4v) is 2.55. The molecule has 0 saturated carbocycles. The molecule has 0 saturated heterocycles. The molecule has 2 aromatic rings. The van der Waals surface area contributed by atoms with Crippen LogP contribution in [0.4, 0.5) is 0 Å². The molecular weight excluding hydrogens is 290 g/mol. The molecule has 0 unspecified atom stereocenters. The van der Waals surface area contributed by atoms with Crippen LogP contribution < -0.4 is 10.7 Å². The second kappa shape index (κ2) is 7.90. The van der Waals surface area contributed by atoms with E-state index in [0.29, 0.717) is 24.3 Å². The van der Waals surface area contributed by atoms with Crippen molar-refractivity contribution in [1.29, 1.82) is 0 Å². The first-order valence-corrected chi connectivity index (χ1v) is 8.21. The molecule has 1 atom stereocenters. The van der Waals surface area contributed by atoms with Gasteiger partial charge < -0.3 is 5.32 Å². The Bertz CT molecular complexity index is 722. The molecule has 0 aliphatic heterocycles. The van der Waals surface area contributed by atoms with Gasteiger partial charge in [-0.15, -0.1) is 0 Å². The number of carbonyl (C=O) groups excluding carboxylic acids is 1. The lowest BCUT2D eigenvalue weighted by atomic mass is 10.0. The third-order valence-corrected chi connectivity index (χ3v) is 3.90. The number of para-hydroxylation sites is 1. The van der Waals surface area contributed by atoms with Gasteiger partial charge in [0.2, 0.25) is 11.3 Å². The fourth-order valence-electron chi connectivity index (χ4n) is 2.55. The van der Waals surface area contributed by atoms with Crippen LogP contribution in [-0.4, -0.2) is 21.7 Å². The second-order valence-corrected chi connectivity index (χ2v) is 6.44. The zero-order chi connectivity index (χ0) is 16.8. The number of aryl methyl sites for hydroxylation is 1. The highest BCUT2D eigenvalue weighted by Crippen LogP contribution is 2.09. The average molecular weight is 315 g/mol. The smallest absolute Gasteiger partial charge is 0.222 e. The maximum Gasteiger partial charge on any atom is 0.222 e. The number of benzene rings is 1. The Morgan fingerprint density at radius 3 is 2.70 bits per heavy atom. The molecule has 0 aliphatic carbocycles. The van der Waals surface area contributed by atoms with Crippen LogP contribution in [0.25, 0.3) is 10.9 Å². The van der Waals surface area contributed by atoms with Crippen molar-refractivity contribution in [2.75, 3.05) is 0 Å². The highest BCUT2D eigenvalue weighted by atomic mass is 16.1. The normalized spacial score (nSPS) is 12.5. The average Bonchev–Trinajstić information content (AvgIpc) is 2.52. The van der Waals surface area contributed by atoms with E-state index >= 15 is 0 Å². The molecule has 1 aromatic carbocycles. The van der Waals surface area contributed by atoms with Crippen LogP contribution in [-0.2, 0) is 11.3 Å². The molecule has 0 radical (unpaired) electrons. The van der Waals surface area contributed by atoms with Crippen LogP contribution in [0.15, 0.2) is 35.3 Å². The van der Waals surface area contributed by atoms with Gasteiger partial charge in [-0.3, -0.25) is 14.3 Å². The number of amides is 1. The molecule has 5 heteroatoms. The number of carbonyl (C=O) groups is 1. The van der Waals surface area contributed by atoms with Crippen LogP contribution in [0, 0.1) is 5.92 Å². The van der Waals surface area contributed by atoms with E-state index in [4.69, 9.17) is 0 Å². The van der Waals surface area contributed by atoms with Gasteiger partial charge in [-0.2, -0.15) is 5.10 Å². The zero-order valence-electron chi connectivity index (χ0n) is 14.1. The highest BCUT2D eigenvalue weighted by Gasteiger charge is 2.10. The van der Waals surface area contributed by atoms with E-state index in [1.165, 1.54) is 6.20 Å². The van der Waals surface area contributed by atoms with E-state index in [9.17, 15) is 9.59 Å². The molecule has 2 rings (SSSR count). The lowest BCUT2D eigenvalue weighted by Gasteiger charge is -2.15. The van der Waals surface area contributed by atoms with Crippen molar-refractivity contribution in [2.45, 2.75) is 52.6 Å². The van der Waals surface area contributed by atoms with Gasteiger partial charge in [0.05, 0.1) is 18.3 Å². The monoisotopic (exact) mass is 315 g/mol. The lowest BCUT2D eigenvalue weighted by molar-refractivity contribution is -0.122. The van der Waals surface area contributed by atoms with Gasteiger partial charge in [-0.05, 0) is 37.8 Å². The van der Waals surface area contributed by atoms with Crippen molar-refractivity contribution in [1.82, 2.24) is 15.1 Å². The predicted octanol–water partition coefficient (Wildman–Crippen LogP) is 2.73. The summed E-state index contributed by atoms with van der Waals surface area (Å²) in [5.74, 6) is 0.664. The topological polar surface area (TPSA) is 64.0 Å². The first kappa shape index (κ1) is 17.2. The number of aromatic nitrogens is 2. The molecule has 5 nitrogen and oxygen atoms in total. The number of rotatable bonds is 7. The minimum absolute atomic E-state index is 0.0193. The first-order chi connectivity index (χ1) is 11.0. The molecule has 23 heavy (non-hydrogen) atoms. The maximum atomic E-state index is 12.1. The van der Waals surface area contributed by atoms with Crippen LogP contribution in [0.2, 0.25) is 0 Å². The Balaban J connectivity index is 1.95. The van der Waals surface area contributed by atoms with Crippen LogP contribution in [0.1, 0.15) is 40.0 Å². The number of hydrogen-bond donors (Lipinski definition) is 1. The maximum absolute atomic E-state index is 12.1. The fraction of sp³-hybridized carbons (Fsp3) is 0.500. The van der Waals surface area contributed by atoms with E-state index in [-0.39, 0.29) is 17.4 Å². The molecule has 1 heterocycles. The quantitative estimate of drug-likeness (QED) is 0.854. The molecular formula is C18H25N3O2. The Kier molecular flexibility index (Phi) is 5.90. The number of nitrogens with zero attached hydrogens (tertiary/aromatic N) is 2. The summed E-state index contributed by atoms with van der Waals surface area (Å²) in [6.45, 7) is 6.86. The van der Waals surface area contributed by atoms with Gasteiger partial charge in [-0.25, -0.2) is 0 Å². The highest BCUT2D eigenvalue weighted by molar-refractivity contribution is 5.79. The molecule has 0 fully saturated rings. The number of nitrogens with one attached hydrogen (secondary N) is 1. The van der Waals surface area contributed by atoms with Gasteiger partial charge in [0.25, 0.3) is 0 Å². The van der Waals surface area contributed by atoms with Gasteiger partial charge in [0, 0.05) is 17.8 Å². The van der Waals surface area contributed by atoms with E-state index in [1.807, 2.05) is 25.1 Å². The lowest BCUT2D eigenvalue weighted by Crippen LogP contribution is -2.33. The van der Waals surface area contributed by atoms with Gasteiger partial charge in [0.1, 0.15) is 0 Å². The van der Waals surface area contributed by atoms with Gasteiger partial charge >= 0.3 is 0 Å². The predicted molar refractivity (Wildman–Crippen MR) is 92.3 cm³/mol. The Hall–Kier alpha value is -2.17. The Morgan fingerprint density at radius 1 is 1.22 bits per heavy atom. The summed E-state index contributed by atoms with van der Waals surface area (Å²) in [6, 6.07) is 7.52. The summed E-state index contributed by atoms with van der Waals surface area (Å²) in [4.78, 5) is 23.8. The van der Waals surface area contributed by atoms with Crippen molar-refractivity contribution >= 4 is 16.8 Å². The second-order valence-electron chi connectivity index (χ2n) is 6.44. The minimum atomic E-state index is -0.0939. The minimum Gasteiger partial charge on any atom is -0.354 e. The van der Waals surface area contributed by atoms with Crippen molar-refractivity contribution in [3.63, 3.8) is 0 Å². The van der Waals surface area contributed by atoms with Gasteiger partial charge in [-0.1, -0.05) is 26.0 Å². The van der Waals surface area contributed by atoms with E-state index < -0.39 is 0 Å². The Morgan fingerprint density at radius 2 is 1.96 bits per heavy atom. The van der Waals surface area contributed by atoms with Crippen molar-refractivity contribution in [2.24, 2.45) is 5.92 Å². The molecule has 0 bridgehead atoms. The van der Waals surface area contributed by atoms with Crippen LogP contribution >= 0.6 is 0 Å². The largest absolute Gasteiger partial charge is 0.354 e. The third-order valence-electron chi connectivity index (χ3n) is 3.90. The summed E-state index contributed by atoms with van der Waals surface area (Å²) in [6.07, 6.45) is 3.76. The summed E-state index contributed by atoms with van der Waals surface area (Å²) in [5, 5.41) is 7.80. The Labute approximate surface area is 136 Å². The summed E-state index contributed by atoms with van der Waals surface area (Å²) >= 11 is 0. The van der Waals surface area contributed by atoms with E-state index in [0.717, 1.165) is 18.4 Å². The molecule has 0 aliphatic rings. The zero-order valence-corrected chi connectivity index (χ0v) is 14.1. The molecule has 1 aromatic heterocycles. The first-order valence-electron chi connectivity index (χ1n) is 8.21. The van der Waals surface area contributed by atoms with Crippen molar-refractivity contribution in [3.8, 4) is 0 Å². The molecule has 1 amide bonds. The molecule has 1 N–H and O–H groups in total. The van der Waals surface area contributed by atoms with Gasteiger partial charge in [0.15, 0.2) is 0 Å². The molecule has 124 valence electrons. The summed E-state index contributed by atoms with van der Waals surface area (Å²) in [5.41, 5.74) is 0.671. The summed E-state index contributed by atoms with van der Waals surface area (Å²) in [7, 11) is 0. The molecule has 0 spiro atoms. The van der Waals surface area contributed by atoms with E-state index in [1.54, 1.807) is 10.7 Å². The standard InChI is InChI=1S/C18H25N3O2/c1-13(2)8-9-14(3)20-18(23)10-11-21-16-7-5-4-6-15(16)17(22)12-19-21/h4-7,12-14H,8-11H2,1-3H3,(H,20,23)/t14-/m1/s1. The summed E-state index contributed by atoms with van der Waals surface area (Å²) < 4.78 is 1.72. The number of hydrogen-bond acceptors (Lipinski definition) is 3. The van der Waals surface area contributed by atoms with Crippen LogP contribution in [0.5, 0.6) is 0 Å². The SMILES string of the molecule is CC(C)CC[C@@H](C)NC(=O)CCn1ncc(=O)c2ccccc21. The number of fused-ring (bicyclic) bond motifs is 1. The third kappa shape index (κ3) is 4.91. The van der Waals surface area contributed by atoms with Crippen LogP contribution in [0.3, 0.4) is 0 Å². The van der Waals surface area contributed by atoms with Crippen molar-refractivity contribution in [3.05, 3.63) is 40.7 Å². The van der Waals surface area contributed by atoms with E-state index in [2.05, 4.69) is 24.3 Å².